The van der Waals surface area contributed by atoms with Gasteiger partial charge in [-0.2, -0.15) is 0 Å². The monoisotopic (exact) mass is 294 g/mol. The Morgan fingerprint density at radius 2 is 2.05 bits per heavy atom. The van der Waals surface area contributed by atoms with E-state index in [-0.39, 0.29) is 30.3 Å². The quantitative estimate of drug-likeness (QED) is 0.460. The normalized spacial score (nSPS) is 18.1. The summed E-state index contributed by atoms with van der Waals surface area (Å²) in [6.07, 6.45) is 0. The van der Waals surface area contributed by atoms with Crippen molar-refractivity contribution in [1.82, 2.24) is 4.90 Å². The summed E-state index contributed by atoms with van der Waals surface area (Å²) in [7, 11) is 1.24. The molecule has 2 rings (SSSR count). The van der Waals surface area contributed by atoms with Crippen molar-refractivity contribution < 1.29 is 24.0 Å². The molecule has 0 N–H and O–H groups in total. The molecule has 1 aliphatic rings. The number of nitrogens with zero attached hydrogens (tertiary/aromatic N) is 2. The van der Waals surface area contributed by atoms with Gasteiger partial charge in [0.05, 0.1) is 25.2 Å². The summed E-state index contributed by atoms with van der Waals surface area (Å²) < 4.78 is 9.84. The van der Waals surface area contributed by atoms with E-state index in [1.165, 1.54) is 36.3 Å². The number of non-ortho nitro benzene ring substituents is 1. The Hall–Kier alpha value is -2.48. The second-order valence-corrected chi connectivity index (χ2v) is 4.42. The summed E-state index contributed by atoms with van der Waals surface area (Å²) in [5.74, 6) is -0.937. The van der Waals surface area contributed by atoms with Gasteiger partial charge in [-0.05, 0) is 12.1 Å². The number of rotatable bonds is 3. The number of amides is 1. The Balaban J connectivity index is 2.20. The molecule has 1 aromatic rings. The summed E-state index contributed by atoms with van der Waals surface area (Å²) in [6, 6.07) is 4.43. The van der Waals surface area contributed by atoms with Gasteiger partial charge in [-0.3, -0.25) is 14.9 Å². The fourth-order valence-electron chi connectivity index (χ4n) is 2.07. The number of hydrogen-bond acceptors (Lipinski definition) is 6. The van der Waals surface area contributed by atoms with Gasteiger partial charge >= 0.3 is 5.97 Å². The van der Waals surface area contributed by atoms with Crippen LogP contribution in [0.25, 0.3) is 0 Å². The summed E-state index contributed by atoms with van der Waals surface area (Å²) in [4.78, 5) is 35.5. The van der Waals surface area contributed by atoms with Crippen molar-refractivity contribution in [3.05, 3.63) is 39.9 Å². The molecule has 1 aliphatic heterocycles. The first-order valence-electron chi connectivity index (χ1n) is 6.25. The van der Waals surface area contributed by atoms with Gasteiger partial charge in [0.1, 0.15) is 0 Å². The highest BCUT2D eigenvalue weighted by Gasteiger charge is 2.34. The van der Waals surface area contributed by atoms with Gasteiger partial charge < -0.3 is 14.4 Å². The molecule has 8 heteroatoms. The van der Waals surface area contributed by atoms with Crippen molar-refractivity contribution >= 4 is 17.6 Å². The number of nitro groups is 1. The zero-order valence-corrected chi connectivity index (χ0v) is 11.4. The van der Waals surface area contributed by atoms with E-state index >= 15 is 0 Å². The molecule has 1 atom stereocenters. The van der Waals surface area contributed by atoms with Gasteiger partial charge in [-0.15, -0.1) is 0 Å². The van der Waals surface area contributed by atoms with Crippen molar-refractivity contribution in [3.63, 3.8) is 0 Å². The van der Waals surface area contributed by atoms with Gasteiger partial charge in [0, 0.05) is 24.2 Å². The average Bonchev–Trinajstić information content (AvgIpc) is 2.53. The number of methoxy groups -OCH3 is 1. The summed E-state index contributed by atoms with van der Waals surface area (Å²) >= 11 is 0. The minimum Gasteiger partial charge on any atom is -0.467 e. The third-order valence-corrected chi connectivity index (χ3v) is 3.19. The van der Waals surface area contributed by atoms with Crippen LogP contribution in [0.15, 0.2) is 24.3 Å². The Morgan fingerprint density at radius 3 is 2.62 bits per heavy atom. The van der Waals surface area contributed by atoms with Crippen molar-refractivity contribution in [2.45, 2.75) is 6.04 Å². The number of carbonyl (C=O) groups excluding carboxylic acids is 2. The van der Waals surface area contributed by atoms with Crippen LogP contribution in [0.5, 0.6) is 0 Å². The lowest BCUT2D eigenvalue weighted by atomic mass is 10.1. The predicted octanol–water partition coefficient (Wildman–Crippen LogP) is 0.609. The van der Waals surface area contributed by atoms with E-state index in [0.717, 1.165) is 0 Å². The number of nitro benzene ring substituents is 1. The Bertz CT molecular complexity index is 556. The largest absolute Gasteiger partial charge is 0.467 e. The molecule has 1 heterocycles. The molecular weight excluding hydrogens is 280 g/mol. The molecule has 8 nitrogen and oxygen atoms in total. The topological polar surface area (TPSA) is 99.0 Å². The third-order valence-electron chi connectivity index (χ3n) is 3.19. The van der Waals surface area contributed by atoms with Crippen molar-refractivity contribution in [2.24, 2.45) is 0 Å². The summed E-state index contributed by atoms with van der Waals surface area (Å²) in [6.45, 7) is 0.660. The molecule has 1 amide bonds. The molecule has 0 aromatic heterocycles. The zero-order valence-electron chi connectivity index (χ0n) is 11.4. The predicted molar refractivity (Wildman–Crippen MR) is 70.8 cm³/mol. The van der Waals surface area contributed by atoms with Crippen LogP contribution < -0.4 is 0 Å². The lowest BCUT2D eigenvalue weighted by Crippen LogP contribution is -2.53. The molecular formula is C13H14N2O6. The zero-order chi connectivity index (χ0) is 15.4. The highest BCUT2D eigenvalue weighted by molar-refractivity contribution is 5.97. The van der Waals surface area contributed by atoms with E-state index in [2.05, 4.69) is 4.74 Å². The van der Waals surface area contributed by atoms with Crippen LogP contribution in [0.2, 0.25) is 0 Å². The molecule has 0 radical (unpaired) electrons. The summed E-state index contributed by atoms with van der Waals surface area (Å²) in [5.41, 5.74) is 0.175. The minimum atomic E-state index is -0.800. The smallest absolute Gasteiger partial charge is 0.331 e. The molecule has 0 aliphatic carbocycles. The lowest BCUT2D eigenvalue weighted by Gasteiger charge is -2.33. The van der Waals surface area contributed by atoms with E-state index in [1.807, 2.05) is 0 Å². The molecule has 0 spiro atoms. The van der Waals surface area contributed by atoms with Crippen molar-refractivity contribution in [1.29, 1.82) is 0 Å². The van der Waals surface area contributed by atoms with Crippen molar-refractivity contribution in [2.75, 3.05) is 26.9 Å². The van der Waals surface area contributed by atoms with E-state index in [9.17, 15) is 19.7 Å². The Kier molecular flexibility index (Phi) is 4.49. The van der Waals surface area contributed by atoms with Gasteiger partial charge in [-0.25, -0.2) is 4.79 Å². The first-order chi connectivity index (χ1) is 10.0. The maximum Gasteiger partial charge on any atom is 0.331 e. The van der Waals surface area contributed by atoms with Crippen LogP contribution in [0, 0.1) is 10.1 Å². The molecule has 1 aromatic carbocycles. The summed E-state index contributed by atoms with van der Waals surface area (Å²) in [5, 5.41) is 10.6. The molecule has 0 bridgehead atoms. The Labute approximate surface area is 120 Å². The molecule has 112 valence electrons. The number of esters is 1. The average molecular weight is 294 g/mol. The number of morpholine rings is 1. The SMILES string of the molecule is COC(=O)C1COCCN1C(=O)c1ccc([N+](=O)[O-])cc1. The van der Waals surface area contributed by atoms with Crippen LogP contribution in [-0.4, -0.2) is 54.6 Å². The fraction of sp³-hybridized carbons (Fsp3) is 0.385. The maximum atomic E-state index is 12.4. The highest BCUT2D eigenvalue weighted by atomic mass is 16.6. The van der Waals surface area contributed by atoms with Crippen LogP contribution in [0.4, 0.5) is 5.69 Å². The molecule has 1 unspecified atom stereocenters. The second kappa shape index (κ2) is 6.31. The lowest BCUT2D eigenvalue weighted by molar-refractivity contribution is -0.384. The second-order valence-electron chi connectivity index (χ2n) is 4.42. The van der Waals surface area contributed by atoms with Crippen molar-refractivity contribution in [3.8, 4) is 0 Å². The van der Waals surface area contributed by atoms with Crippen LogP contribution in [0.3, 0.4) is 0 Å². The number of hydrogen-bond donors (Lipinski definition) is 0. The van der Waals surface area contributed by atoms with E-state index in [1.54, 1.807) is 0 Å². The van der Waals surface area contributed by atoms with Crippen LogP contribution >= 0.6 is 0 Å². The van der Waals surface area contributed by atoms with Crippen LogP contribution in [0.1, 0.15) is 10.4 Å². The first kappa shape index (κ1) is 14.9. The third kappa shape index (κ3) is 3.16. The number of ether oxygens (including phenoxy) is 2. The molecule has 1 saturated heterocycles. The first-order valence-corrected chi connectivity index (χ1v) is 6.25. The number of benzene rings is 1. The fourth-order valence-corrected chi connectivity index (χ4v) is 2.07. The standard InChI is InChI=1S/C13H14N2O6/c1-20-13(17)11-8-21-7-6-14(11)12(16)9-2-4-10(5-3-9)15(18)19/h2-5,11H,6-8H2,1H3. The van der Waals surface area contributed by atoms with Gasteiger partial charge in [-0.1, -0.05) is 0 Å². The van der Waals surface area contributed by atoms with E-state index < -0.39 is 16.9 Å². The van der Waals surface area contributed by atoms with Gasteiger partial charge in [0.25, 0.3) is 11.6 Å². The highest BCUT2D eigenvalue weighted by Crippen LogP contribution is 2.17. The van der Waals surface area contributed by atoms with Crippen LogP contribution in [-0.2, 0) is 14.3 Å². The molecule has 1 fully saturated rings. The van der Waals surface area contributed by atoms with E-state index in [0.29, 0.717) is 6.61 Å². The maximum absolute atomic E-state index is 12.4. The van der Waals surface area contributed by atoms with Gasteiger partial charge in [0.2, 0.25) is 0 Å². The molecule has 0 saturated carbocycles. The van der Waals surface area contributed by atoms with E-state index in [4.69, 9.17) is 4.74 Å². The Morgan fingerprint density at radius 1 is 1.38 bits per heavy atom. The van der Waals surface area contributed by atoms with Gasteiger partial charge in [0.15, 0.2) is 6.04 Å². The minimum absolute atomic E-state index is 0.0748. The molecule has 21 heavy (non-hydrogen) atoms. The number of carbonyl (C=O) groups is 2.